The Kier molecular flexibility index (Phi) is 7.47. The molecule has 0 aromatic rings. The summed E-state index contributed by atoms with van der Waals surface area (Å²) in [6.07, 6.45) is -3.21. The molecule has 1 rings (SSSR count). The molecule has 0 bridgehead atoms. The predicted octanol–water partition coefficient (Wildman–Crippen LogP) is -1.10. The average molecular weight is 282 g/mol. The van der Waals surface area contributed by atoms with Gasteiger partial charge in [0.25, 0.3) is 0 Å². The molecule has 0 saturated carbocycles. The lowest BCUT2D eigenvalue weighted by molar-refractivity contribution is -0.301. The van der Waals surface area contributed by atoms with Gasteiger partial charge in [-0.1, -0.05) is 6.42 Å². The fraction of sp³-hybridized carbons (Fsp3) is 1.00. The fourth-order valence-electron chi connectivity index (χ4n) is 1.80. The monoisotopic (exact) mass is 282 g/mol. The summed E-state index contributed by atoms with van der Waals surface area (Å²) >= 11 is 4.09. The van der Waals surface area contributed by atoms with Gasteiger partial charge < -0.3 is 29.9 Å². The highest BCUT2D eigenvalue weighted by Crippen LogP contribution is 2.22. The second-order valence-electron chi connectivity index (χ2n) is 4.35. The lowest BCUT2D eigenvalue weighted by Crippen LogP contribution is -2.59. The summed E-state index contributed by atoms with van der Waals surface area (Å²) in [5.41, 5.74) is 0. The van der Waals surface area contributed by atoms with Gasteiger partial charge in [-0.2, -0.15) is 12.6 Å². The van der Waals surface area contributed by atoms with Crippen LogP contribution in [0.2, 0.25) is 0 Å². The fourth-order valence-corrected chi connectivity index (χ4v) is 2.02. The first-order valence-electron chi connectivity index (χ1n) is 6.14. The molecule has 6 nitrogen and oxygen atoms in total. The van der Waals surface area contributed by atoms with Gasteiger partial charge in [-0.05, 0) is 18.6 Å². The molecule has 1 saturated heterocycles. The van der Waals surface area contributed by atoms with E-state index in [2.05, 4.69) is 12.6 Å². The number of aliphatic hydroxyl groups excluding tert-OH is 4. The van der Waals surface area contributed by atoms with Crippen molar-refractivity contribution in [2.45, 2.75) is 50.0 Å². The molecule has 1 aliphatic heterocycles. The van der Waals surface area contributed by atoms with E-state index in [4.69, 9.17) is 14.6 Å². The van der Waals surface area contributed by atoms with Gasteiger partial charge in [0.15, 0.2) is 6.29 Å². The van der Waals surface area contributed by atoms with Crippen LogP contribution in [0.4, 0.5) is 0 Å². The first-order chi connectivity index (χ1) is 8.61. The van der Waals surface area contributed by atoms with Crippen molar-refractivity contribution in [2.75, 3.05) is 19.0 Å². The van der Waals surface area contributed by atoms with Crippen molar-refractivity contribution in [3.63, 3.8) is 0 Å². The zero-order valence-electron chi connectivity index (χ0n) is 10.2. The van der Waals surface area contributed by atoms with Crippen molar-refractivity contribution in [1.29, 1.82) is 0 Å². The second kappa shape index (κ2) is 8.31. The topological polar surface area (TPSA) is 99.4 Å². The van der Waals surface area contributed by atoms with E-state index in [0.717, 1.165) is 25.0 Å². The maximum atomic E-state index is 9.67. The van der Waals surface area contributed by atoms with Gasteiger partial charge in [-0.15, -0.1) is 0 Å². The predicted molar refractivity (Wildman–Crippen MR) is 67.4 cm³/mol. The Morgan fingerprint density at radius 3 is 2.33 bits per heavy atom. The lowest BCUT2D eigenvalue weighted by atomic mass is 9.99. The molecule has 0 unspecified atom stereocenters. The smallest absolute Gasteiger partial charge is 0.186 e. The summed E-state index contributed by atoms with van der Waals surface area (Å²) in [5, 5.41) is 37.7. The molecule has 108 valence electrons. The Labute approximate surface area is 112 Å². The molecular weight excluding hydrogens is 260 g/mol. The van der Waals surface area contributed by atoms with Gasteiger partial charge in [0.05, 0.1) is 6.61 Å². The molecule has 4 N–H and O–H groups in total. The molecular formula is C11H22O6S. The number of thiol groups is 1. The number of hydrogen-bond acceptors (Lipinski definition) is 7. The highest BCUT2D eigenvalue weighted by Gasteiger charge is 2.43. The number of hydrogen-bond donors (Lipinski definition) is 5. The molecule has 0 amide bonds. The van der Waals surface area contributed by atoms with E-state index in [1.165, 1.54) is 0 Å². The molecule has 0 spiro atoms. The first kappa shape index (κ1) is 16.2. The van der Waals surface area contributed by atoms with Gasteiger partial charge in [-0.3, -0.25) is 0 Å². The zero-order chi connectivity index (χ0) is 13.5. The summed E-state index contributed by atoms with van der Waals surface area (Å²) < 4.78 is 10.5. The number of rotatable bonds is 7. The SMILES string of the molecule is OC[C@H]1O[C@H](OCCCCCS)[C@H](O)[C@@H](O)[C@H]1O. The third-order valence-corrected chi connectivity index (χ3v) is 3.25. The standard InChI is InChI=1S/C11H22O6S/c12-6-7-8(13)9(14)10(15)11(17-7)16-4-2-1-3-5-18/h7-15,18H,1-6H2/t7-,8+,9+,10-,11+/m1/s1. The normalized spacial score (nSPS) is 36.8. The van der Waals surface area contributed by atoms with Crippen LogP contribution in [0.1, 0.15) is 19.3 Å². The van der Waals surface area contributed by atoms with Crippen LogP contribution in [0, 0.1) is 0 Å². The third kappa shape index (κ3) is 4.34. The van der Waals surface area contributed by atoms with E-state index in [1.54, 1.807) is 0 Å². The van der Waals surface area contributed by atoms with Crippen LogP contribution in [0.15, 0.2) is 0 Å². The Bertz CT molecular complexity index is 228. The molecule has 7 heteroatoms. The first-order valence-corrected chi connectivity index (χ1v) is 6.78. The molecule has 0 aromatic carbocycles. The van der Waals surface area contributed by atoms with Crippen LogP contribution in [0.5, 0.6) is 0 Å². The summed E-state index contributed by atoms with van der Waals surface area (Å²) in [7, 11) is 0. The van der Waals surface area contributed by atoms with E-state index >= 15 is 0 Å². The molecule has 0 aliphatic carbocycles. The Hall–Kier alpha value is 0.110. The van der Waals surface area contributed by atoms with Gasteiger partial charge in [0.2, 0.25) is 0 Å². The largest absolute Gasteiger partial charge is 0.394 e. The van der Waals surface area contributed by atoms with Crippen LogP contribution in [0.3, 0.4) is 0 Å². The Balaban J connectivity index is 2.35. The minimum atomic E-state index is -1.38. The maximum Gasteiger partial charge on any atom is 0.186 e. The summed E-state index contributed by atoms with van der Waals surface area (Å²) in [6.45, 7) is -0.0546. The summed E-state index contributed by atoms with van der Waals surface area (Å²) in [5.74, 6) is 0.819. The van der Waals surface area contributed by atoms with Gasteiger partial charge >= 0.3 is 0 Å². The average Bonchev–Trinajstić information content (AvgIpc) is 2.38. The minimum Gasteiger partial charge on any atom is -0.394 e. The van der Waals surface area contributed by atoms with Crippen LogP contribution in [-0.4, -0.2) is 70.1 Å². The molecule has 1 fully saturated rings. The van der Waals surface area contributed by atoms with Crippen molar-refractivity contribution >= 4 is 12.6 Å². The highest BCUT2D eigenvalue weighted by atomic mass is 32.1. The lowest BCUT2D eigenvalue weighted by Gasteiger charge is -2.39. The van der Waals surface area contributed by atoms with Crippen molar-refractivity contribution in [2.24, 2.45) is 0 Å². The van der Waals surface area contributed by atoms with Crippen LogP contribution < -0.4 is 0 Å². The molecule has 1 heterocycles. The van der Waals surface area contributed by atoms with E-state index in [0.29, 0.717) is 6.61 Å². The molecule has 18 heavy (non-hydrogen) atoms. The molecule has 5 atom stereocenters. The number of unbranched alkanes of at least 4 members (excludes halogenated alkanes) is 2. The van der Waals surface area contributed by atoms with E-state index in [-0.39, 0.29) is 0 Å². The second-order valence-corrected chi connectivity index (χ2v) is 4.80. The number of aliphatic hydroxyl groups is 4. The molecule has 0 aromatic heterocycles. The zero-order valence-corrected chi connectivity index (χ0v) is 11.1. The van der Waals surface area contributed by atoms with E-state index < -0.39 is 37.3 Å². The van der Waals surface area contributed by atoms with Gasteiger partial charge in [0.1, 0.15) is 24.4 Å². The highest BCUT2D eigenvalue weighted by molar-refractivity contribution is 7.80. The van der Waals surface area contributed by atoms with Crippen molar-refractivity contribution in [3.05, 3.63) is 0 Å². The molecule has 0 radical (unpaired) electrons. The third-order valence-electron chi connectivity index (χ3n) is 2.93. The minimum absolute atomic E-state index is 0.385. The van der Waals surface area contributed by atoms with Crippen LogP contribution >= 0.6 is 12.6 Å². The van der Waals surface area contributed by atoms with Crippen molar-refractivity contribution in [3.8, 4) is 0 Å². The van der Waals surface area contributed by atoms with Crippen LogP contribution in [0.25, 0.3) is 0 Å². The Morgan fingerprint density at radius 2 is 1.72 bits per heavy atom. The Morgan fingerprint density at radius 1 is 1.00 bits per heavy atom. The summed E-state index contributed by atoms with van der Waals surface area (Å²) in [4.78, 5) is 0. The summed E-state index contributed by atoms with van der Waals surface area (Å²) in [6, 6.07) is 0. The van der Waals surface area contributed by atoms with Crippen LogP contribution in [-0.2, 0) is 9.47 Å². The molecule has 1 aliphatic rings. The quantitative estimate of drug-likeness (QED) is 0.300. The van der Waals surface area contributed by atoms with E-state index in [9.17, 15) is 15.3 Å². The van der Waals surface area contributed by atoms with E-state index in [1.807, 2.05) is 0 Å². The number of ether oxygens (including phenoxy) is 2. The maximum absolute atomic E-state index is 9.67. The van der Waals surface area contributed by atoms with Gasteiger partial charge in [-0.25, -0.2) is 0 Å². The van der Waals surface area contributed by atoms with Gasteiger partial charge in [0, 0.05) is 6.61 Å². The van der Waals surface area contributed by atoms with Crippen molar-refractivity contribution < 1.29 is 29.9 Å². The van der Waals surface area contributed by atoms with Crippen molar-refractivity contribution in [1.82, 2.24) is 0 Å².